The summed E-state index contributed by atoms with van der Waals surface area (Å²) in [5.74, 6) is -2.28. The highest BCUT2D eigenvalue weighted by atomic mass is 19.1. The standard InChI is InChI=1S/C32H33F2N5O4/c1-3-15-36-20-30(41)38-28(16-22-9-12-25(40)13-10-22)31(42)37(21(2)26-14-11-24(33)17-27(26)34)19-29(38)39(36)32(43)35-18-23-7-5-4-6-8-23/h3-14,17,21,28-29,40H,1,15-16,18-20H2,2H3,(H,35,43)/t21-,28-,29-/m0/s1. The minimum Gasteiger partial charge on any atom is -0.508 e. The number of amides is 4. The van der Waals surface area contributed by atoms with Crippen molar-refractivity contribution in [3.05, 3.63) is 114 Å². The van der Waals surface area contributed by atoms with Crippen molar-refractivity contribution in [2.75, 3.05) is 19.6 Å². The van der Waals surface area contributed by atoms with Crippen LogP contribution in [0.1, 0.15) is 29.7 Å². The monoisotopic (exact) mass is 589 g/mol. The number of phenols is 1. The quantitative estimate of drug-likeness (QED) is 0.388. The van der Waals surface area contributed by atoms with Crippen molar-refractivity contribution in [2.24, 2.45) is 0 Å². The molecular formula is C32H33F2N5O4. The number of carbonyl (C=O) groups is 3. The van der Waals surface area contributed by atoms with Gasteiger partial charge in [0.05, 0.1) is 19.1 Å². The molecule has 11 heteroatoms. The first-order valence-corrected chi connectivity index (χ1v) is 14.0. The largest absolute Gasteiger partial charge is 0.508 e. The van der Waals surface area contributed by atoms with Crippen LogP contribution in [0.2, 0.25) is 0 Å². The van der Waals surface area contributed by atoms with Crippen molar-refractivity contribution in [1.82, 2.24) is 25.1 Å². The number of fused-ring (bicyclic) bond motifs is 1. The predicted molar refractivity (Wildman–Crippen MR) is 155 cm³/mol. The Morgan fingerprint density at radius 2 is 1.79 bits per heavy atom. The van der Waals surface area contributed by atoms with E-state index >= 15 is 0 Å². The molecule has 0 saturated carbocycles. The molecule has 0 aliphatic carbocycles. The predicted octanol–water partition coefficient (Wildman–Crippen LogP) is 3.97. The fraction of sp³-hybridized carbons (Fsp3) is 0.281. The highest BCUT2D eigenvalue weighted by molar-refractivity contribution is 5.92. The van der Waals surface area contributed by atoms with Gasteiger partial charge in [0, 0.05) is 31.1 Å². The molecule has 0 bridgehead atoms. The number of hydrogen-bond donors (Lipinski definition) is 2. The average molecular weight is 590 g/mol. The molecule has 0 unspecified atom stereocenters. The summed E-state index contributed by atoms with van der Waals surface area (Å²) in [7, 11) is 0. The number of benzene rings is 3. The number of halogens is 2. The maximum Gasteiger partial charge on any atom is 0.334 e. The highest BCUT2D eigenvalue weighted by Gasteiger charge is 2.52. The molecule has 3 aromatic carbocycles. The second-order valence-corrected chi connectivity index (χ2v) is 10.6. The summed E-state index contributed by atoms with van der Waals surface area (Å²) >= 11 is 0. The number of hydrazine groups is 1. The Balaban J connectivity index is 1.53. The summed E-state index contributed by atoms with van der Waals surface area (Å²) < 4.78 is 28.7. The summed E-state index contributed by atoms with van der Waals surface area (Å²) in [5, 5.41) is 15.7. The minimum atomic E-state index is -1.03. The molecule has 0 spiro atoms. The van der Waals surface area contributed by atoms with Crippen LogP contribution >= 0.6 is 0 Å². The average Bonchev–Trinajstić information content (AvgIpc) is 2.98. The molecule has 2 N–H and O–H groups in total. The van der Waals surface area contributed by atoms with E-state index in [1.165, 1.54) is 33.0 Å². The normalized spacial score (nSPS) is 19.7. The van der Waals surface area contributed by atoms with Crippen LogP contribution in [0.5, 0.6) is 5.75 Å². The van der Waals surface area contributed by atoms with Crippen LogP contribution in [0.25, 0.3) is 0 Å². The fourth-order valence-corrected chi connectivity index (χ4v) is 5.73. The summed E-state index contributed by atoms with van der Waals surface area (Å²) in [6, 6.07) is 16.5. The molecule has 2 aliphatic rings. The topological polar surface area (TPSA) is 96.4 Å². The van der Waals surface area contributed by atoms with Crippen LogP contribution in [0.4, 0.5) is 13.6 Å². The van der Waals surface area contributed by atoms with Crippen LogP contribution in [-0.4, -0.2) is 74.6 Å². The number of phenolic OH excluding ortho intramolecular Hbond substituents is 1. The van der Waals surface area contributed by atoms with E-state index in [9.17, 15) is 28.3 Å². The molecule has 2 fully saturated rings. The third kappa shape index (κ3) is 6.21. The molecule has 2 saturated heterocycles. The van der Waals surface area contributed by atoms with E-state index < -0.39 is 41.8 Å². The summed E-state index contributed by atoms with van der Waals surface area (Å²) in [5.41, 5.74) is 1.66. The lowest BCUT2D eigenvalue weighted by molar-refractivity contribution is -0.191. The van der Waals surface area contributed by atoms with Gasteiger partial charge in [-0.3, -0.25) is 9.59 Å². The number of hydrogen-bond acceptors (Lipinski definition) is 5. The zero-order valence-corrected chi connectivity index (χ0v) is 23.7. The Hall–Kier alpha value is -4.77. The lowest BCUT2D eigenvalue weighted by Crippen LogP contribution is -2.76. The fourth-order valence-electron chi connectivity index (χ4n) is 5.73. The van der Waals surface area contributed by atoms with E-state index in [-0.39, 0.29) is 49.8 Å². The SMILES string of the molecule is C=CCN1CC(=O)N2[C@@H](Cc3ccc(O)cc3)C(=O)N([C@@H](C)c3ccc(F)cc3F)C[C@@H]2N1C(=O)NCc1ccccc1. The maximum atomic E-state index is 14.9. The maximum absolute atomic E-state index is 14.9. The molecule has 2 aliphatic heterocycles. The lowest BCUT2D eigenvalue weighted by atomic mass is 9.96. The lowest BCUT2D eigenvalue weighted by Gasteiger charge is -2.56. The second-order valence-electron chi connectivity index (χ2n) is 10.6. The van der Waals surface area contributed by atoms with Crippen molar-refractivity contribution in [3.8, 4) is 5.75 Å². The summed E-state index contributed by atoms with van der Waals surface area (Å²) in [4.78, 5) is 44.5. The van der Waals surface area contributed by atoms with Gasteiger partial charge in [-0.1, -0.05) is 54.6 Å². The molecule has 5 rings (SSSR count). The first kappa shape index (κ1) is 29.7. The number of urea groups is 1. The molecular weight excluding hydrogens is 556 g/mol. The van der Waals surface area contributed by atoms with Crippen molar-refractivity contribution >= 4 is 17.8 Å². The van der Waals surface area contributed by atoms with Gasteiger partial charge in [-0.2, -0.15) is 0 Å². The van der Waals surface area contributed by atoms with Gasteiger partial charge in [0.1, 0.15) is 29.6 Å². The van der Waals surface area contributed by atoms with Gasteiger partial charge in [-0.25, -0.2) is 23.6 Å². The van der Waals surface area contributed by atoms with Crippen molar-refractivity contribution in [1.29, 1.82) is 0 Å². The number of rotatable bonds is 8. The smallest absolute Gasteiger partial charge is 0.334 e. The number of nitrogens with zero attached hydrogens (tertiary/aromatic N) is 4. The molecule has 3 aromatic rings. The Labute approximate surface area is 248 Å². The van der Waals surface area contributed by atoms with E-state index in [4.69, 9.17) is 0 Å². The summed E-state index contributed by atoms with van der Waals surface area (Å²) in [6.45, 7) is 5.56. The highest BCUT2D eigenvalue weighted by Crippen LogP contribution is 2.34. The van der Waals surface area contributed by atoms with Crippen LogP contribution in [0.3, 0.4) is 0 Å². The molecule has 9 nitrogen and oxygen atoms in total. The first-order chi connectivity index (χ1) is 20.7. The molecule has 224 valence electrons. The van der Waals surface area contributed by atoms with Gasteiger partial charge in [0.25, 0.3) is 0 Å². The molecule has 3 atom stereocenters. The van der Waals surface area contributed by atoms with Crippen molar-refractivity contribution in [3.63, 3.8) is 0 Å². The van der Waals surface area contributed by atoms with Gasteiger partial charge < -0.3 is 20.2 Å². The molecule has 0 aromatic heterocycles. The molecule has 0 radical (unpaired) electrons. The number of carbonyl (C=O) groups excluding carboxylic acids is 3. The molecule has 4 amide bonds. The van der Waals surface area contributed by atoms with Crippen LogP contribution in [0, 0.1) is 11.6 Å². The van der Waals surface area contributed by atoms with E-state index in [0.29, 0.717) is 5.56 Å². The Kier molecular flexibility index (Phi) is 8.72. The Bertz CT molecular complexity index is 1500. The number of nitrogens with one attached hydrogen (secondary N) is 1. The third-order valence-corrected chi connectivity index (χ3v) is 7.86. The van der Waals surface area contributed by atoms with Gasteiger partial charge in [-0.05, 0) is 36.2 Å². The number of piperazine rings is 1. The van der Waals surface area contributed by atoms with Crippen molar-refractivity contribution < 1.29 is 28.3 Å². The van der Waals surface area contributed by atoms with Crippen LogP contribution < -0.4 is 5.32 Å². The van der Waals surface area contributed by atoms with E-state index in [0.717, 1.165) is 17.7 Å². The third-order valence-electron chi connectivity index (χ3n) is 7.86. The second kappa shape index (κ2) is 12.6. The van der Waals surface area contributed by atoms with Gasteiger partial charge in [0.2, 0.25) is 11.8 Å². The summed E-state index contributed by atoms with van der Waals surface area (Å²) in [6.07, 6.45) is 0.747. The van der Waals surface area contributed by atoms with Crippen molar-refractivity contribution in [2.45, 2.75) is 38.1 Å². The van der Waals surface area contributed by atoms with E-state index in [1.807, 2.05) is 30.3 Å². The Morgan fingerprint density at radius 3 is 2.47 bits per heavy atom. The van der Waals surface area contributed by atoms with E-state index in [2.05, 4.69) is 11.9 Å². The number of aromatic hydroxyl groups is 1. The van der Waals surface area contributed by atoms with Gasteiger partial charge in [0.15, 0.2) is 0 Å². The van der Waals surface area contributed by atoms with Crippen LogP contribution in [-0.2, 0) is 22.6 Å². The molecule has 2 heterocycles. The van der Waals surface area contributed by atoms with E-state index in [1.54, 1.807) is 30.1 Å². The minimum absolute atomic E-state index is 0.0500. The van der Waals surface area contributed by atoms with Gasteiger partial charge in [-0.15, -0.1) is 6.58 Å². The van der Waals surface area contributed by atoms with Gasteiger partial charge >= 0.3 is 6.03 Å². The zero-order chi connectivity index (χ0) is 30.7. The van der Waals surface area contributed by atoms with Crippen LogP contribution in [0.15, 0.2) is 85.5 Å². The zero-order valence-electron chi connectivity index (χ0n) is 23.7. The Morgan fingerprint density at radius 1 is 1.07 bits per heavy atom. The first-order valence-electron chi connectivity index (χ1n) is 14.0. The molecule has 43 heavy (non-hydrogen) atoms.